The molecular weight excluding hydrogens is 189 g/mol. The van der Waals surface area contributed by atoms with Gasteiger partial charge in [0.1, 0.15) is 5.82 Å². The average molecular weight is 205 g/mol. The van der Waals surface area contributed by atoms with Crippen molar-refractivity contribution in [2.24, 2.45) is 11.8 Å². The van der Waals surface area contributed by atoms with Crippen LogP contribution in [-0.4, -0.2) is 13.1 Å². The van der Waals surface area contributed by atoms with E-state index >= 15 is 0 Å². The van der Waals surface area contributed by atoms with E-state index in [4.69, 9.17) is 0 Å². The Bertz CT molecular complexity index is 351. The van der Waals surface area contributed by atoms with Crippen molar-refractivity contribution in [2.75, 3.05) is 13.1 Å². The molecule has 1 aromatic carbocycles. The third-order valence-electron chi connectivity index (χ3n) is 3.97. The van der Waals surface area contributed by atoms with E-state index in [2.05, 4.69) is 11.4 Å². The van der Waals surface area contributed by atoms with Gasteiger partial charge in [-0.2, -0.15) is 0 Å². The predicted octanol–water partition coefficient (Wildman–Crippen LogP) is 2.54. The monoisotopic (exact) mass is 205 g/mol. The zero-order valence-corrected chi connectivity index (χ0v) is 8.75. The molecule has 1 nitrogen and oxygen atoms in total. The zero-order valence-electron chi connectivity index (χ0n) is 8.75. The van der Waals surface area contributed by atoms with E-state index in [0.29, 0.717) is 5.92 Å². The standard InChI is InChI=1S/C13H16FN/c14-13-3-1-2-9(6-13)10-4-11-7-15-8-12(11)5-10/h1-3,6,10-12,15H,4-5,7-8H2/t10?,11-,12+. The third kappa shape index (κ3) is 1.67. The van der Waals surface area contributed by atoms with Gasteiger partial charge in [-0.05, 0) is 61.4 Å². The molecular formula is C13H16FN. The fraction of sp³-hybridized carbons (Fsp3) is 0.538. The smallest absolute Gasteiger partial charge is 0.123 e. The normalized spacial score (nSPS) is 34.3. The minimum absolute atomic E-state index is 0.0947. The van der Waals surface area contributed by atoms with Crippen LogP contribution >= 0.6 is 0 Å². The lowest BCUT2D eigenvalue weighted by atomic mass is 9.96. The van der Waals surface area contributed by atoms with Gasteiger partial charge in [-0.1, -0.05) is 12.1 Å². The lowest BCUT2D eigenvalue weighted by molar-refractivity contribution is 0.494. The van der Waals surface area contributed by atoms with Crippen molar-refractivity contribution in [1.82, 2.24) is 5.32 Å². The first-order chi connectivity index (χ1) is 7.33. The van der Waals surface area contributed by atoms with Gasteiger partial charge in [-0.15, -0.1) is 0 Å². The summed E-state index contributed by atoms with van der Waals surface area (Å²) in [6, 6.07) is 7.14. The second-order valence-electron chi connectivity index (χ2n) is 4.90. The minimum atomic E-state index is -0.0947. The summed E-state index contributed by atoms with van der Waals surface area (Å²) in [7, 11) is 0. The van der Waals surface area contributed by atoms with Crippen LogP contribution in [0.15, 0.2) is 24.3 Å². The Morgan fingerprint density at radius 2 is 1.87 bits per heavy atom. The topological polar surface area (TPSA) is 12.0 Å². The molecule has 1 heterocycles. The zero-order chi connectivity index (χ0) is 10.3. The minimum Gasteiger partial charge on any atom is -0.316 e. The van der Waals surface area contributed by atoms with Gasteiger partial charge in [0.15, 0.2) is 0 Å². The van der Waals surface area contributed by atoms with Crippen molar-refractivity contribution in [3.8, 4) is 0 Å². The van der Waals surface area contributed by atoms with Crippen LogP contribution < -0.4 is 5.32 Å². The second kappa shape index (κ2) is 3.60. The molecule has 0 spiro atoms. The van der Waals surface area contributed by atoms with Crippen LogP contribution in [0.5, 0.6) is 0 Å². The summed E-state index contributed by atoms with van der Waals surface area (Å²) < 4.78 is 13.1. The Balaban J connectivity index is 1.79. The summed E-state index contributed by atoms with van der Waals surface area (Å²) in [5, 5.41) is 3.43. The number of nitrogens with one attached hydrogen (secondary N) is 1. The number of rotatable bonds is 1. The first kappa shape index (κ1) is 9.34. The molecule has 2 aliphatic rings. The van der Waals surface area contributed by atoms with Crippen molar-refractivity contribution in [3.63, 3.8) is 0 Å². The Morgan fingerprint density at radius 3 is 2.53 bits per heavy atom. The molecule has 1 aliphatic heterocycles. The molecule has 2 fully saturated rings. The number of halogens is 1. The maximum atomic E-state index is 13.1. The fourth-order valence-corrected chi connectivity index (χ4v) is 3.20. The van der Waals surface area contributed by atoms with E-state index in [1.54, 1.807) is 6.07 Å². The van der Waals surface area contributed by atoms with Crippen molar-refractivity contribution in [3.05, 3.63) is 35.6 Å². The second-order valence-corrected chi connectivity index (χ2v) is 4.90. The van der Waals surface area contributed by atoms with E-state index in [1.807, 2.05) is 6.07 Å². The summed E-state index contributed by atoms with van der Waals surface area (Å²) >= 11 is 0. The quantitative estimate of drug-likeness (QED) is 0.743. The van der Waals surface area contributed by atoms with E-state index in [-0.39, 0.29) is 5.82 Å². The third-order valence-corrected chi connectivity index (χ3v) is 3.97. The molecule has 0 aromatic heterocycles. The highest BCUT2D eigenvalue weighted by Crippen LogP contribution is 2.43. The van der Waals surface area contributed by atoms with Gasteiger partial charge in [-0.25, -0.2) is 4.39 Å². The maximum Gasteiger partial charge on any atom is 0.123 e. The number of fused-ring (bicyclic) bond motifs is 1. The van der Waals surface area contributed by atoms with Crippen LogP contribution in [0.25, 0.3) is 0 Å². The molecule has 80 valence electrons. The highest BCUT2D eigenvalue weighted by Gasteiger charge is 2.37. The molecule has 15 heavy (non-hydrogen) atoms. The first-order valence-electron chi connectivity index (χ1n) is 5.79. The van der Waals surface area contributed by atoms with E-state index in [1.165, 1.54) is 24.5 Å². The van der Waals surface area contributed by atoms with Crippen molar-refractivity contribution < 1.29 is 4.39 Å². The van der Waals surface area contributed by atoms with Crippen LogP contribution in [-0.2, 0) is 0 Å². The summed E-state index contributed by atoms with van der Waals surface area (Å²) in [6.07, 6.45) is 2.47. The molecule has 0 amide bonds. The van der Waals surface area contributed by atoms with Gasteiger partial charge in [0, 0.05) is 0 Å². The highest BCUT2D eigenvalue weighted by molar-refractivity contribution is 5.22. The van der Waals surface area contributed by atoms with E-state index < -0.39 is 0 Å². The lowest BCUT2D eigenvalue weighted by Gasteiger charge is -2.11. The van der Waals surface area contributed by atoms with Crippen molar-refractivity contribution >= 4 is 0 Å². The summed E-state index contributed by atoms with van der Waals surface area (Å²) in [5.41, 5.74) is 1.20. The Hall–Kier alpha value is -0.890. The predicted molar refractivity (Wildman–Crippen MR) is 58.2 cm³/mol. The molecule has 0 bridgehead atoms. The molecule has 3 rings (SSSR count). The van der Waals surface area contributed by atoms with Gasteiger partial charge >= 0.3 is 0 Å². The largest absolute Gasteiger partial charge is 0.316 e. The van der Waals surface area contributed by atoms with Gasteiger partial charge < -0.3 is 5.32 Å². The molecule has 0 radical (unpaired) electrons. The van der Waals surface area contributed by atoms with Crippen LogP contribution in [0.2, 0.25) is 0 Å². The van der Waals surface area contributed by atoms with Gasteiger partial charge in [0.25, 0.3) is 0 Å². The first-order valence-corrected chi connectivity index (χ1v) is 5.79. The Kier molecular flexibility index (Phi) is 2.24. The lowest BCUT2D eigenvalue weighted by Crippen LogP contribution is -2.11. The maximum absolute atomic E-state index is 13.1. The number of hydrogen-bond acceptors (Lipinski definition) is 1. The fourth-order valence-electron chi connectivity index (χ4n) is 3.20. The Labute approximate surface area is 89.7 Å². The Morgan fingerprint density at radius 1 is 1.13 bits per heavy atom. The van der Waals surface area contributed by atoms with Crippen LogP contribution in [0.1, 0.15) is 24.3 Å². The SMILES string of the molecule is Fc1cccc(C2C[C@H]3CNC[C@H]3C2)c1. The number of hydrogen-bond donors (Lipinski definition) is 1. The molecule has 1 unspecified atom stereocenters. The molecule has 1 N–H and O–H groups in total. The highest BCUT2D eigenvalue weighted by atomic mass is 19.1. The van der Waals surface area contributed by atoms with E-state index in [0.717, 1.165) is 24.9 Å². The summed E-state index contributed by atoms with van der Waals surface area (Å²) in [4.78, 5) is 0. The molecule has 2 heteroatoms. The summed E-state index contributed by atoms with van der Waals surface area (Å²) in [5.74, 6) is 2.16. The molecule has 1 saturated heterocycles. The molecule has 1 saturated carbocycles. The van der Waals surface area contributed by atoms with Crippen molar-refractivity contribution in [2.45, 2.75) is 18.8 Å². The van der Waals surface area contributed by atoms with Gasteiger partial charge in [-0.3, -0.25) is 0 Å². The molecule has 1 aromatic rings. The van der Waals surface area contributed by atoms with Gasteiger partial charge in [0.2, 0.25) is 0 Å². The molecule has 1 aliphatic carbocycles. The van der Waals surface area contributed by atoms with E-state index in [9.17, 15) is 4.39 Å². The van der Waals surface area contributed by atoms with Crippen LogP contribution in [0, 0.1) is 17.7 Å². The van der Waals surface area contributed by atoms with Crippen molar-refractivity contribution in [1.29, 1.82) is 0 Å². The summed E-state index contributed by atoms with van der Waals surface area (Å²) in [6.45, 7) is 2.33. The molecule has 3 atom stereocenters. The average Bonchev–Trinajstić information content (AvgIpc) is 2.76. The van der Waals surface area contributed by atoms with Crippen LogP contribution in [0.4, 0.5) is 4.39 Å². The van der Waals surface area contributed by atoms with Crippen LogP contribution in [0.3, 0.4) is 0 Å². The van der Waals surface area contributed by atoms with Gasteiger partial charge in [0.05, 0.1) is 0 Å². The number of benzene rings is 1.